The van der Waals surface area contributed by atoms with Crippen molar-refractivity contribution in [1.82, 2.24) is 5.06 Å². The molecule has 1 unspecified atom stereocenters. The number of hydrogen-bond donors (Lipinski definition) is 1. The van der Waals surface area contributed by atoms with E-state index in [1.54, 1.807) is 20.8 Å². The van der Waals surface area contributed by atoms with E-state index in [1.165, 1.54) is 0 Å². The molecular weight excluding hydrogens is 238 g/mol. The molecule has 1 atom stereocenters. The quantitative estimate of drug-likeness (QED) is 0.344. The molecule has 0 aromatic carbocycles. The van der Waals surface area contributed by atoms with E-state index in [1.807, 2.05) is 0 Å². The Hall–Kier alpha value is -1.43. The Labute approximate surface area is 106 Å². The van der Waals surface area contributed by atoms with Crippen LogP contribution in [0.25, 0.3) is 0 Å². The summed E-state index contributed by atoms with van der Waals surface area (Å²) in [6.45, 7) is 5.21. The smallest absolute Gasteiger partial charge is 0.313 e. The number of esters is 1. The van der Waals surface area contributed by atoms with Gasteiger partial charge in [-0.3, -0.25) is 19.6 Å². The molecule has 0 radical (unpaired) electrons. The van der Waals surface area contributed by atoms with Gasteiger partial charge in [-0.1, -0.05) is 0 Å². The molecule has 1 saturated heterocycles. The van der Waals surface area contributed by atoms with Crippen molar-refractivity contribution in [1.29, 1.82) is 0 Å². The molecule has 1 amide bonds. The van der Waals surface area contributed by atoms with Crippen molar-refractivity contribution in [3.63, 3.8) is 0 Å². The van der Waals surface area contributed by atoms with Crippen molar-refractivity contribution >= 4 is 17.7 Å². The highest BCUT2D eigenvalue weighted by atomic mass is 16.6. The molecule has 6 nitrogen and oxygen atoms in total. The highest BCUT2D eigenvalue weighted by molar-refractivity contribution is 5.95. The van der Waals surface area contributed by atoms with Crippen LogP contribution in [-0.2, 0) is 19.1 Å². The zero-order chi connectivity index (χ0) is 13.9. The summed E-state index contributed by atoms with van der Waals surface area (Å²) >= 11 is 0. The van der Waals surface area contributed by atoms with E-state index in [2.05, 4.69) is 0 Å². The summed E-state index contributed by atoms with van der Waals surface area (Å²) in [5.41, 5.74) is -0.598. The molecular formula is C12H19NO5. The van der Waals surface area contributed by atoms with Crippen molar-refractivity contribution in [2.24, 2.45) is 0 Å². The molecule has 6 heteroatoms. The highest BCUT2D eigenvalue weighted by Crippen LogP contribution is 2.21. The summed E-state index contributed by atoms with van der Waals surface area (Å²) in [6.07, 6.45) is 0.539. The van der Waals surface area contributed by atoms with Gasteiger partial charge >= 0.3 is 5.97 Å². The average Bonchev–Trinajstić information content (AvgIpc) is 2.20. The molecule has 0 aliphatic carbocycles. The molecule has 0 spiro atoms. The lowest BCUT2D eigenvalue weighted by Gasteiger charge is -2.34. The van der Waals surface area contributed by atoms with Gasteiger partial charge in [-0.05, 0) is 27.2 Å². The summed E-state index contributed by atoms with van der Waals surface area (Å²) in [4.78, 5) is 33.6. The first kappa shape index (κ1) is 14.6. The number of amides is 1. The predicted octanol–water partition coefficient (Wildman–Crippen LogP) is 1.06. The SMILES string of the molecule is CC(C)(C)OC(=O)CC(=O)CCC1CC(=O)N1O. The maximum atomic E-state index is 11.5. The Morgan fingerprint density at radius 2 is 2.06 bits per heavy atom. The Morgan fingerprint density at radius 3 is 2.50 bits per heavy atom. The topological polar surface area (TPSA) is 83.9 Å². The standard InChI is InChI=1S/C12H19NO5/c1-12(2,3)18-11(16)7-9(14)5-4-8-6-10(15)13(8)17/h8,17H,4-7H2,1-3H3. The van der Waals surface area contributed by atoms with Gasteiger partial charge in [0.25, 0.3) is 0 Å². The first-order valence-electron chi connectivity index (χ1n) is 5.93. The minimum absolute atomic E-state index is 0.161. The maximum absolute atomic E-state index is 11.5. The summed E-state index contributed by atoms with van der Waals surface area (Å²) in [7, 11) is 0. The van der Waals surface area contributed by atoms with Crippen LogP contribution in [0.4, 0.5) is 0 Å². The molecule has 1 aliphatic rings. The molecule has 102 valence electrons. The van der Waals surface area contributed by atoms with Gasteiger partial charge in [-0.15, -0.1) is 0 Å². The van der Waals surface area contributed by atoms with E-state index < -0.39 is 11.6 Å². The molecule has 0 aromatic heterocycles. The summed E-state index contributed by atoms with van der Waals surface area (Å²) < 4.78 is 5.02. The molecule has 0 saturated carbocycles. The second-order valence-electron chi connectivity index (χ2n) is 5.44. The van der Waals surface area contributed by atoms with Crippen LogP contribution in [0.5, 0.6) is 0 Å². The minimum Gasteiger partial charge on any atom is -0.460 e. The fourth-order valence-corrected chi connectivity index (χ4v) is 1.65. The molecule has 0 aromatic rings. The average molecular weight is 257 g/mol. The van der Waals surface area contributed by atoms with Crippen LogP contribution in [-0.4, -0.2) is 39.6 Å². The number of carbonyl (C=O) groups is 3. The number of nitrogens with zero attached hydrogens (tertiary/aromatic N) is 1. The number of carbonyl (C=O) groups excluding carboxylic acids is 3. The van der Waals surface area contributed by atoms with Crippen molar-refractivity contribution in [2.75, 3.05) is 0 Å². The van der Waals surface area contributed by atoms with E-state index in [0.29, 0.717) is 11.5 Å². The zero-order valence-electron chi connectivity index (χ0n) is 10.9. The zero-order valence-corrected chi connectivity index (χ0v) is 10.9. The Bertz CT molecular complexity index is 358. The van der Waals surface area contributed by atoms with Gasteiger partial charge in [0.2, 0.25) is 5.91 Å². The van der Waals surface area contributed by atoms with Crippen molar-refractivity contribution < 1.29 is 24.3 Å². The van der Waals surface area contributed by atoms with Crippen LogP contribution < -0.4 is 0 Å². The fraction of sp³-hybridized carbons (Fsp3) is 0.750. The largest absolute Gasteiger partial charge is 0.460 e. The Kier molecular flexibility index (Phi) is 4.45. The van der Waals surface area contributed by atoms with Crippen LogP contribution in [0.15, 0.2) is 0 Å². The van der Waals surface area contributed by atoms with Gasteiger partial charge in [0, 0.05) is 6.42 Å². The van der Waals surface area contributed by atoms with Gasteiger partial charge in [0.05, 0.1) is 12.5 Å². The number of rotatable bonds is 5. The van der Waals surface area contributed by atoms with E-state index >= 15 is 0 Å². The lowest BCUT2D eigenvalue weighted by molar-refractivity contribution is -0.202. The van der Waals surface area contributed by atoms with Crippen LogP contribution >= 0.6 is 0 Å². The molecule has 1 aliphatic heterocycles. The van der Waals surface area contributed by atoms with Gasteiger partial charge in [-0.2, -0.15) is 0 Å². The lowest BCUT2D eigenvalue weighted by Crippen LogP contribution is -2.50. The van der Waals surface area contributed by atoms with Gasteiger partial charge in [0.1, 0.15) is 17.8 Å². The second-order valence-corrected chi connectivity index (χ2v) is 5.44. The van der Waals surface area contributed by atoms with E-state index in [9.17, 15) is 14.4 Å². The molecule has 0 bridgehead atoms. The first-order chi connectivity index (χ1) is 8.19. The summed E-state index contributed by atoms with van der Waals surface area (Å²) in [5.74, 6) is -1.12. The Balaban J connectivity index is 2.22. The van der Waals surface area contributed by atoms with Gasteiger partial charge < -0.3 is 4.74 Å². The summed E-state index contributed by atoms with van der Waals surface area (Å²) in [5, 5.41) is 9.74. The number of ketones is 1. The number of Topliss-reactive ketones (excluding diaryl/α,β-unsaturated/α-hetero) is 1. The maximum Gasteiger partial charge on any atom is 0.313 e. The van der Waals surface area contributed by atoms with Crippen LogP contribution in [0.1, 0.15) is 46.5 Å². The third-order valence-electron chi connectivity index (χ3n) is 2.53. The van der Waals surface area contributed by atoms with E-state index in [-0.39, 0.29) is 37.0 Å². The monoisotopic (exact) mass is 257 g/mol. The van der Waals surface area contributed by atoms with E-state index in [4.69, 9.17) is 9.94 Å². The number of hydrogen-bond acceptors (Lipinski definition) is 5. The third kappa shape index (κ3) is 4.44. The fourth-order valence-electron chi connectivity index (χ4n) is 1.65. The number of hydroxylamine groups is 2. The van der Waals surface area contributed by atoms with Crippen molar-refractivity contribution in [2.45, 2.75) is 58.1 Å². The molecule has 1 heterocycles. The number of ether oxygens (including phenoxy) is 1. The van der Waals surface area contributed by atoms with E-state index in [0.717, 1.165) is 0 Å². The normalized spacial score (nSPS) is 19.4. The van der Waals surface area contributed by atoms with Crippen LogP contribution in [0, 0.1) is 0 Å². The highest BCUT2D eigenvalue weighted by Gasteiger charge is 2.35. The first-order valence-corrected chi connectivity index (χ1v) is 5.93. The van der Waals surface area contributed by atoms with Gasteiger partial charge in [0.15, 0.2) is 0 Å². The second kappa shape index (κ2) is 5.48. The van der Waals surface area contributed by atoms with Crippen LogP contribution in [0.3, 0.4) is 0 Å². The molecule has 1 fully saturated rings. The Morgan fingerprint density at radius 1 is 1.44 bits per heavy atom. The molecule has 1 N–H and O–H groups in total. The third-order valence-corrected chi connectivity index (χ3v) is 2.53. The molecule has 18 heavy (non-hydrogen) atoms. The van der Waals surface area contributed by atoms with Crippen molar-refractivity contribution in [3.05, 3.63) is 0 Å². The molecule has 1 rings (SSSR count). The lowest BCUT2D eigenvalue weighted by atomic mass is 9.98. The van der Waals surface area contributed by atoms with Crippen LogP contribution in [0.2, 0.25) is 0 Å². The summed E-state index contributed by atoms with van der Waals surface area (Å²) in [6, 6.07) is -0.292. The predicted molar refractivity (Wildman–Crippen MR) is 61.7 cm³/mol. The number of β-lactam (4-membered cyclic amide) rings is 1. The minimum atomic E-state index is -0.598. The van der Waals surface area contributed by atoms with Gasteiger partial charge in [-0.25, -0.2) is 5.06 Å². The van der Waals surface area contributed by atoms with Crippen molar-refractivity contribution in [3.8, 4) is 0 Å².